The van der Waals surface area contributed by atoms with Gasteiger partial charge in [-0.15, -0.1) is 0 Å². The highest BCUT2D eigenvalue weighted by Gasteiger charge is 2.20. The maximum Gasteiger partial charge on any atom is 0.0750 e. The molecule has 1 fully saturated rings. The fraction of sp³-hybridized carbons (Fsp3) is 0.625. The maximum atomic E-state index is 9.23. The van der Waals surface area contributed by atoms with Crippen LogP contribution in [0.5, 0.6) is 0 Å². The molecule has 0 bridgehead atoms. The van der Waals surface area contributed by atoms with Crippen LogP contribution in [0.3, 0.4) is 0 Å². The molecule has 1 N–H and O–H groups in total. The van der Waals surface area contributed by atoms with Crippen molar-refractivity contribution in [3.63, 3.8) is 0 Å². The predicted octanol–water partition coefficient (Wildman–Crippen LogP) is 2.88. The topological polar surface area (TPSA) is 32.7 Å². The lowest BCUT2D eigenvalue weighted by Crippen LogP contribution is -2.39. The number of hydrogen-bond acceptors (Lipinski definition) is 3. The van der Waals surface area contributed by atoms with Gasteiger partial charge >= 0.3 is 0 Å². The Balaban J connectivity index is 2.02. The summed E-state index contributed by atoms with van der Waals surface area (Å²) in [5, 5.41) is 9.23. The number of nitrogens with zero attached hydrogens (tertiary/aromatic N) is 1. The first-order valence-corrected chi connectivity index (χ1v) is 7.31. The van der Waals surface area contributed by atoms with Crippen molar-refractivity contribution in [3.8, 4) is 0 Å². The van der Waals surface area contributed by atoms with Crippen molar-refractivity contribution in [3.05, 3.63) is 29.3 Å². The third kappa shape index (κ3) is 3.71. The summed E-state index contributed by atoms with van der Waals surface area (Å²) in [7, 11) is 0. The zero-order valence-electron chi connectivity index (χ0n) is 12.1. The minimum absolute atomic E-state index is 0.119. The second-order valence-electron chi connectivity index (χ2n) is 5.35. The zero-order valence-corrected chi connectivity index (χ0v) is 12.1. The van der Waals surface area contributed by atoms with Crippen LogP contribution in [0, 0.1) is 6.92 Å². The predicted molar refractivity (Wildman–Crippen MR) is 78.6 cm³/mol. The van der Waals surface area contributed by atoms with Crippen molar-refractivity contribution in [2.75, 3.05) is 24.6 Å². The first kappa shape index (κ1) is 14.4. The van der Waals surface area contributed by atoms with E-state index in [1.165, 1.54) is 18.5 Å². The fourth-order valence-corrected chi connectivity index (χ4v) is 2.65. The maximum absolute atomic E-state index is 9.23. The van der Waals surface area contributed by atoms with Gasteiger partial charge in [0.25, 0.3) is 0 Å². The molecule has 1 aromatic rings. The Kier molecular flexibility index (Phi) is 5.23. The second kappa shape index (κ2) is 6.92. The van der Waals surface area contributed by atoms with Crippen molar-refractivity contribution >= 4 is 5.69 Å². The van der Waals surface area contributed by atoms with E-state index in [1.54, 1.807) is 0 Å². The number of aliphatic hydroxyl groups is 1. The van der Waals surface area contributed by atoms with Gasteiger partial charge in [-0.25, -0.2) is 0 Å². The molecule has 1 aromatic carbocycles. The fourth-order valence-electron chi connectivity index (χ4n) is 2.65. The monoisotopic (exact) mass is 263 g/mol. The van der Waals surface area contributed by atoms with Crippen LogP contribution >= 0.6 is 0 Å². The SMILES string of the molecule is CCCOC1CCCN(c2ccc(CO)c(C)c2)C1. The van der Waals surface area contributed by atoms with Gasteiger partial charge in [0.2, 0.25) is 0 Å². The molecule has 0 radical (unpaired) electrons. The highest BCUT2D eigenvalue weighted by Crippen LogP contribution is 2.24. The van der Waals surface area contributed by atoms with E-state index in [4.69, 9.17) is 4.74 Å². The molecule has 1 heterocycles. The Bertz CT molecular complexity index is 406. The number of ether oxygens (including phenoxy) is 1. The molecule has 2 rings (SSSR count). The van der Waals surface area contributed by atoms with E-state index in [-0.39, 0.29) is 6.61 Å². The normalized spacial score (nSPS) is 19.7. The summed E-state index contributed by atoms with van der Waals surface area (Å²) in [6.45, 7) is 7.28. The number of aryl methyl sites for hydroxylation is 1. The van der Waals surface area contributed by atoms with E-state index in [9.17, 15) is 5.11 Å². The molecular formula is C16H25NO2. The summed E-state index contributed by atoms with van der Waals surface area (Å²) in [6.07, 6.45) is 3.81. The Morgan fingerprint density at radius 2 is 2.26 bits per heavy atom. The van der Waals surface area contributed by atoms with Gasteiger partial charge in [0.15, 0.2) is 0 Å². The molecule has 3 heteroatoms. The van der Waals surface area contributed by atoms with Crippen LogP contribution < -0.4 is 4.90 Å². The standard InChI is InChI=1S/C16H25NO2/c1-3-9-19-16-5-4-8-17(11-16)15-7-6-14(12-18)13(2)10-15/h6-7,10,16,18H,3-5,8-9,11-12H2,1-2H3. The molecular weight excluding hydrogens is 238 g/mol. The lowest BCUT2D eigenvalue weighted by Gasteiger charge is -2.34. The number of rotatable bonds is 5. The molecule has 1 aliphatic heterocycles. The van der Waals surface area contributed by atoms with E-state index >= 15 is 0 Å². The molecule has 0 aliphatic carbocycles. The Morgan fingerprint density at radius 1 is 1.42 bits per heavy atom. The van der Waals surface area contributed by atoms with Gasteiger partial charge in [-0.2, -0.15) is 0 Å². The number of anilines is 1. The Hall–Kier alpha value is -1.06. The van der Waals surface area contributed by atoms with Crippen LogP contribution in [0.25, 0.3) is 0 Å². The molecule has 1 atom stereocenters. The molecule has 3 nitrogen and oxygen atoms in total. The summed E-state index contributed by atoms with van der Waals surface area (Å²) in [6, 6.07) is 6.32. The van der Waals surface area contributed by atoms with E-state index in [0.29, 0.717) is 6.10 Å². The van der Waals surface area contributed by atoms with Crippen LogP contribution in [-0.2, 0) is 11.3 Å². The lowest BCUT2D eigenvalue weighted by atomic mass is 10.0. The average Bonchev–Trinajstić information content (AvgIpc) is 2.45. The second-order valence-corrected chi connectivity index (χ2v) is 5.35. The van der Waals surface area contributed by atoms with Crippen LogP contribution in [0.1, 0.15) is 37.3 Å². The molecule has 1 saturated heterocycles. The van der Waals surface area contributed by atoms with E-state index in [2.05, 4.69) is 30.9 Å². The number of hydrogen-bond donors (Lipinski definition) is 1. The Morgan fingerprint density at radius 3 is 2.95 bits per heavy atom. The highest BCUT2D eigenvalue weighted by molar-refractivity contribution is 5.51. The minimum Gasteiger partial charge on any atom is -0.392 e. The number of piperidine rings is 1. The zero-order chi connectivity index (χ0) is 13.7. The molecule has 106 valence electrons. The molecule has 0 aromatic heterocycles. The summed E-state index contributed by atoms with van der Waals surface area (Å²) in [4.78, 5) is 2.40. The molecule has 0 amide bonds. The smallest absolute Gasteiger partial charge is 0.0750 e. The molecule has 0 saturated carbocycles. The first-order valence-electron chi connectivity index (χ1n) is 7.31. The first-order chi connectivity index (χ1) is 9.24. The average molecular weight is 263 g/mol. The van der Waals surface area contributed by atoms with Crippen LogP contribution in [0.15, 0.2) is 18.2 Å². The summed E-state index contributed by atoms with van der Waals surface area (Å²) in [5.74, 6) is 0. The van der Waals surface area contributed by atoms with Crippen molar-refractivity contribution in [1.82, 2.24) is 0 Å². The highest BCUT2D eigenvalue weighted by atomic mass is 16.5. The van der Waals surface area contributed by atoms with Gasteiger partial charge in [0.1, 0.15) is 0 Å². The largest absolute Gasteiger partial charge is 0.392 e. The number of benzene rings is 1. The van der Waals surface area contributed by atoms with Gasteiger partial charge in [-0.3, -0.25) is 0 Å². The van der Waals surface area contributed by atoms with E-state index < -0.39 is 0 Å². The Labute approximate surface area is 116 Å². The van der Waals surface area contributed by atoms with Crippen molar-refractivity contribution in [2.45, 2.75) is 45.8 Å². The third-order valence-corrected chi connectivity index (χ3v) is 3.80. The summed E-state index contributed by atoms with van der Waals surface area (Å²) < 4.78 is 5.88. The van der Waals surface area contributed by atoms with Gasteiger partial charge in [0.05, 0.1) is 12.7 Å². The van der Waals surface area contributed by atoms with Crippen LogP contribution in [0.4, 0.5) is 5.69 Å². The summed E-state index contributed by atoms with van der Waals surface area (Å²) >= 11 is 0. The van der Waals surface area contributed by atoms with E-state index in [1.807, 2.05) is 6.07 Å². The van der Waals surface area contributed by atoms with E-state index in [0.717, 1.165) is 37.2 Å². The van der Waals surface area contributed by atoms with Gasteiger partial charge < -0.3 is 14.7 Å². The minimum atomic E-state index is 0.119. The summed E-state index contributed by atoms with van der Waals surface area (Å²) in [5.41, 5.74) is 3.43. The van der Waals surface area contributed by atoms with Gasteiger partial charge in [-0.1, -0.05) is 13.0 Å². The third-order valence-electron chi connectivity index (χ3n) is 3.80. The quantitative estimate of drug-likeness (QED) is 0.886. The molecule has 1 unspecified atom stereocenters. The van der Waals surface area contributed by atoms with Crippen molar-refractivity contribution in [1.29, 1.82) is 0 Å². The molecule has 19 heavy (non-hydrogen) atoms. The van der Waals surface area contributed by atoms with Gasteiger partial charge in [-0.05, 0) is 49.4 Å². The number of aliphatic hydroxyl groups excluding tert-OH is 1. The lowest BCUT2D eigenvalue weighted by molar-refractivity contribution is 0.0440. The molecule has 0 spiro atoms. The van der Waals surface area contributed by atoms with Crippen molar-refractivity contribution in [2.24, 2.45) is 0 Å². The van der Waals surface area contributed by atoms with Crippen molar-refractivity contribution < 1.29 is 9.84 Å². The van der Waals surface area contributed by atoms with Crippen LogP contribution in [-0.4, -0.2) is 30.9 Å². The molecule has 1 aliphatic rings. The van der Waals surface area contributed by atoms with Gasteiger partial charge in [0, 0.05) is 25.4 Å². The van der Waals surface area contributed by atoms with Crippen LogP contribution in [0.2, 0.25) is 0 Å².